The molecular formula is C13H19NO2S. The Balaban J connectivity index is 2.44. The maximum Gasteiger partial charge on any atom is 0.333 e. The van der Waals surface area contributed by atoms with E-state index in [9.17, 15) is 4.79 Å². The Hall–Kier alpha value is -1.13. The predicted molar refractivity (Wildman–Crippen MR) is 71.2 cm³/mol. The summed E-state index contributed by atoms with van der Waals surface area (Å²) >= 11 is 1.79. The molecule has 0 spiro atoms. The van der Waals surface area contributed by atoms with E-state index < -0.39 is 0 Å². The summed E-state index contributed by atoms with van der Waals surface area (Å²) in [6.07, 6.45) is 1.85. The molecule has 1 aromatic heterocycles. The van der Waals surface area contributed by atoms with Gasteiger partial charge in [-0.25, -0.2) is 4.79 Å². The zero-order chi connectivity index (χ0) is 12.8. The number of hydrogen-bond donors (Lipinski definition) is 1. The number of carbonyl (C=O) groups excluding carboxylic acids is 1. The molecule has 0 aliphatic rings. The van der Waals surface area contributed by atoms with Crippen molar-refractivity contribution in [1.29, 1.82) is 0 Å². The van der Waals surface area contributed by atoms with Crippen molar-refractivity contribution in [1.82, 2.24) is 5.32 Å². The molecule has 0 aliphatic carbocycles. The highest BCUT2D eigenvalue weighted by Crippen LogP contribution is 2.21. The molecule has 0 bridgehead atoms. The molecule has 1 aromatic rings. The average molecular weight is 253 g/mol. The minimum absolute atomic E-state index is 0.272. The van der Waals surface area contributed by atoms with Gasteiger partial charge in [0.05, 0.1) is 7.11 Å². The van der Waals surface area contributed by atoms with E-state index in [0.717, 1.165) is 0 Å². The fourth-order valence-corrected chi connectivity index (χ4v) is 2.32. The second kappa shape index (κ2) is 6.57. The van der Waals surface area contributed by atoms with Crippen molar-refractivity contribution in [3.8, 4) is 0 Å². The lowest BCUT2D eigenvalue weighted by Gasteiger charge is -2.10. The highest BCUT2D eigenvalue weighted by molar-refractivity contribution is 7.12. The summed E-state index contributed by atoms with van der Waals surface area (Å²) in [5, 5.41) is 3.35. The first kappa shape index (κ1) is 13.9. The van der Waals surface area contributed by atoms with Crippen LogP contribution < -0.4 is 5.32 Å². The van der Waals surface area contributed by atoms with E-state index >= 15 is 0 Å². The van der Waals surface area contributed by atoms with E-state index in [1.165, 1.54) is 16.9 Å². The Morgan fingerprint density at radius 3 is 2.82 bits per heavy atom. The van der Waals surface area contributed by atoms with Crippen molar-refractivity contribution >= 4 is 17.3 Å². The molecule has 1 heterocycles. The first-order valence-corrected chi connectivity index (χ1v) is 6.41. The molecule has 0 radical (unpaired) electrons. The molecule has 0 saturated heterocycles. The molecule has 0 saturated carbocycles. The Morgan fingerprint density at radius 2 is 2.29 bits per heavy atom. The lowest BCUT2D eigenvalue weighted by Crippen LogP contribution is -2.18. The van der Waals surface area contributed by atoms with Crippen molar-refractivity contribution < 1.29 is 9.53 Å². The van der Waals surface area contributed by atoms with Crippen molar-refractivity contribution in [3.05, 3.63) is 33.5 Å². The first-order valence-electron chi connectivity index (χ1n) is 5.59. The van der Waals surface area contributed by atoms with Gasteiger partial charge in [0, 0.05) is 27.9 Å². The van der Waals surface area contributed by atoms with Crippen molar-refractivity contribution in [2.45, 2.75) is 26.8 Å². The summed E-state index contributed by atoms with van der Waals surface area (Å²) in [7, 11) is 1.39. The smallest absolute Gasteiger partial charge is 0.333 e. The van der Waals surface area contributed by atoms with Gasteiger partial charge >= 0.3 is 5.97 Å². The normalized spacial score (nSPS) is 13.5. The van der Waals surface area contributed by atoms with Crippen LogP contribution in [0.15, 0.2) is 23.8 Å². The number of hydrogen-bond acceptors (Lipinski definition) is 4. The highest BCUT2D eigenvalue weighted by atomic mass is 32.1. The number of ether oxygens (including phenoxy) is 1. The van der Waals surface area contributed by atoms with Crippen molar-refractivity contribution in [2.75, 3.05) is 13.7 Å². The molecule has 0 fully saturated rings. The summed E-state index contributed by atoms with van der Waals surface area (Å²) in [6.45, 7) is 6.64. The Morgan fingerprint density at radius 1 is 1.59 bits per heavy atom. The zero-order valence-electron chi connectivity index (χ0n) is 10.7. The van der Waals surface area contributed by atoms with E-state index in [1.54, 1.807) is 18.3 Å². The van der Waals surface area contributed by atoms with Crippen LogP contribution >= 0.6 is 11.3 Å². The number of aryl methyl sites for hydroxylation is 1. The SMILES string of the molecule is COC(=O)/C(C)=C/CNC(C)c1ccc(C)s1. The fourth-order valence-electron chi connectivity index (χ4n) is 1.42. The van der Waals surface area contributed by atoms with Crippen LogP contribution in [0, 0.1) is 6.92 Å². The Labute approximate surface area is 106 Å². The molecule has 1 rings (SSSR count). The monoisotopic (exact) mass is 253 g/mol. The van der Waals surface area contributed by atoms with E-state index in [0.29, 0.717) is 18.2 Å². The van der Waals surface area contributed by atoms with Crippen LogP contribution in [0.1, 0.15) is 29.6 Å². The van der Waals surface area contributed by atoms with Gasteiger partial charge in [-0.3, -0.25) is 0 Å². The number of carbonyl (C=O) groups is 1. The highest BCUT2D eigenvalue weighted by Gasteiger charge is 2.06. The predicted octanol–water partition coefficient (Wildman–Crippen LogP) is 2.83. The second-order valence-corrected chi connectivity index (χ2v) is 5.28. The van der Waals surface area contributed by atoms with Crippen LogP contribution in [0.5, 0.6) is 0 Å². The van der Waals surface area contributed by atoms with Gasteiger partial charge in [-0.1, -0.05) is 6.08 Å². The summed E-state index contributed by atoms with van der Waals surface area (Å²) in [5.41, 5.74) is 0.634. The van der Waals surface area contributed by atoms with E-state index in [4.69, 9.17) is 0 Å². The summed E-state index contributed by atoms with van der Waals surface area (Å²) < 4.78 is 4.62. The third-order valence-corrected chi connectivity index (χ3v) is 3.71. The number of esters is 1. The number of thiophene rings is 1. The van der Waals surface area contributed by atoms with Gasteiger partial charge in [0.2, 0.25) is 0 Å². The van der Waals surface area contributed by atoms with Crippen LogP contribution in [0.2, 0.25) is 0 Å². The van der Waals surface area contributed by atoms with Crippen molar-refractivity contribution in [2.24, 2.45) is 0 Å². The average Bonchev–Trinajstić information content (AvgIpc) is 2.74. The van der Waals surface area contributed by atoms with Crippen LogP contribution in [-0.2, 0) is 9.53 Å². The molecular weight excluding hydrogens is 234 g/mol. The number of rotatable bonds is 5. The van der Waals surface area contributed by atoms with E-state index in [-0.39, 0.29) is 5.97 Å². The number of methoxy groups -OCH3 is 1. The number of nitrogens with one attached hydrogen (secondary N) is 1. The third kappa shape index (κ3) is 4.32. The van der Waals surface area contributed by atoms with Gasteiger partial charge in [-0.05, 0) is 32.9 Å². The molecule has 3 nitrogen and oxygen atoms in total. The Bertz CT molecular complexity index is 409. The molecule has 94 valence electrons. The molecule has 17 heavy (non-hydrogen) atoms. The summed E-state index contributed by atoms with van der Waals surface area (Å²) in [5.74, 6) is -0.272. The lowest BCUT2D eigenvalue weighted by atomic mass is 10.2. The quantitative estimate of drug-likeness (QED) is 0.648. The largest absolute Gasteiger partial charge is 0.466 e. The van der Waals surface area contributed by atoms with Crippen LogP contribution in [0.25, 0.3) is 0 Å². The summed E-state index contributed by atoms with van der Waals surface area (Å²) in [6, 6.07) is 4.55. The first-order chi connectivity index (χ1) is 8.04. The van der Waals surface area contributed by atoms with Crippen LogP contribution in [-0.4, -0.2) is 19.6 Å². The molecule has 1 N–H and O–H groups in total. The summed E-state index contributed by atoms with van der Waals surface area (Å²) in [4.78, 5) is 13.8. The van der Waals surface area contributed by atoms with Gasteiger partial charge in [-0.15, -0.1) is 11.3 Å². The topological polar surface area (TPSA) is 38.3 Å². The van der Waals surface area contributed by atoms with Crippen LogP contribution in [0.3, 0.4) is 0 Å². The second-order valence-electron chi connectivity index (χ2n) is 3.96. The van der Waals surface area contributed by atoms with E-state index in [2.05, 4.69) is 36.0 Å². The fraction of sp³-hybridized carbons (Fsp3) is 0.462. The maximum atomic E-state index is 11.1. The van der Waals surface area contributed by atoms with Gasteiger partial charge in [-0.2, -0.15) is 0 Å². The maximum absolute atomic E-state index is 11.1. The van der Waals surface area contributed by atoms with E-state index in [1.807, 2.05) is 6.08 Å². The standard InChI is InChI=1S/C13H19NO2S/c1-9(13(15)16-4)7-8-14-11(3)12-6-5-10(2)17-12/h5-7,11,14H,8H2,1-4H3/b9-7+. The zero-order valence-corrected chi connectivity index (χ0v) is 11.6. The molecule has 1 atom stereocenters. The molecule has 0 aliphatic heterocycles. The molecule has 0 aromatic carbocycles. The third-order valence-electron chi connectivity index (χ3n) is 2.53. The van der Waals surface area contributed by atoms with Crippen LogP contribution in [0.4, 0.5) is 0 Å². The molecule has 0 amide bonds. The van der Waals surface area contributed by atoms with Gasteiger partial charge in [0.1, 0.15) is 0 Å². The Kier molecular flexibility index (Phi) is 5.38. The molecule has 4 heteroatoms. The van der Waals surface area contributed by atoms with Gasteiger partial charge in [0.15, 0.2) is 0 Å². The minimum atomic E-state index is -0.272. The van der Waals surface area contributed by atoms with Gasteiger partial charge < -0.3 is 10.1 Å². The lowest BCUT2D eigenvalue weighted by molar-refractivity contribution is -0.136. The minimum Gasteiger partial charge on any atom is -0.466 e. The molecule has 1 unspecified atom stereocenters. The van der Waals surface area contributed by atoms with Crippen molar-refractivity contribution in [3.63, 3.8) is 0 Å². The van der Waals surface area contributed by atoms with Gasteiger partial charge in [0.25, 0.3) is 0 Å².